The highest BCUT2D eigenvalue weighted by atomic mass is 16.3. The monoisotopic (exact) mass is 139 g/mol. The number of hydrogen-bond donors (Lipinski definition) is 1. The molecule has 54 valence electrons. The maximum atomic E-state index is 10.6. The van der Waals surface area contributed by atoms with Gasteiger partial charge in [0.15, 0.2) is 5.78 Å². The van der Waals surface area contributed by atoms with E-state index in [0.717, 1.165) is 0 Å². The van der Waals surface area contributed by atoms with E-state index in [-0.39, 0.29) is 23.5 Å². The third-order valence-electron chi connectivity index (χ3n) is 1.12. The van der Waals surface area contributed by atoms with Gasteiger partial charge in [-0.05, 0) is 13.8 Å². The normalized spacial score (nSPS) is 11.7. The average Bonchev–Trinajstić information content (AvgIpc) is 1.81. The second-order valence-electron chi connectivity index (χ2n) is 1.96. The smallest absolute Gasteiger partial charge is 0.160 e. The molecule has 0 amide bonds. The van der Waals surface area contributed by atoms with Crippen molar-refractivity contribution in [3.05, 3.63) is 11.3 Å². The number of aliphatic hydroxyl groups excluding tert-OH is 1. The lowest BCUT2D eigenvalue weighted by Gasteiger charge is -1.96. The molecule has 0 aliphatic heterocycles. The second kappa shape index (κ2) is 3.67. The largest absolute Gasteiger partial charge is 0.512 e. The molecule has 0 unspecified atom stereocenters. The van der Waals surface area contributed by atoms with Crippen molar-refractivity contribution < 1.29 is 9.90 Å². The Morgan fingerprint density at radius 2 is 2.10 bits per heavy atom. The summed E-state index contributed by atoms with van der Waals surface area (Å²) in [6, 6.07) is 1.79. The predicted molar refractivity (Wildman–Crippen MR) is 36.2 cm³/mol. The Balaban J connectivity index is 4.48. The molecular weight excluding hydrogens is 130 g/mol. The maximum Gasteiger partial charge on any atom is 0.160 e. The SMILES string of the molecule is CC(=O)/C(CC#N)=C(/C)O. The minimum absolute atomic E-state index is 0.0162. The Morgan fingerprint density at radius 3 is 2.20 bits per heavy atom. The zero-order valence-corrected chi connectivity index (χ0v) is 6.01. The number of ketones is 1. The molecule has 0 fully saturated rings. The minimum atomic E-state index is -0.249. The fourth-order valence-corrected chi connectivity index (χ4v) is 0.586. The summed E-state index contributed by atoms with van der Waals surface area (Å²) in [5.41, 5.74) is 0.197. The van der Waals surface area contributed by atoms with E-state index in [0.29, 0.717) is 0 Å². The van der Waals surface area contributed by atoms with Gasteiger partial charge in [0.05, 0.1) is 18.2 Å². The highest BCUT2D eigenvalue weighted by molar-refractivity contribution is 5.93. The third-order valence-corrected chi connectivity index (χ3v) is 1.12. The molecule has 0 aliphatic rings. The van der Waals surface area contributed by atoms with Crippen molar-refractivity contribution in [2.45, 2.75) is 20.3 Å². The second-order valence-corrected chi connectivity index (χ2v) is 1.96. The summed E-state index contributed by atoms with van der Waals surface area (Å²) in [4.78, 5) is 10.6. The van der Waals surface area contributed by atoms with Crippen molar-refractivity contribution in [1.82, 2.24) is 0 Å². The zero-order chi connectivity index (χ0) is 8.15. The van der Waals surface area contributed by atoms with Crippen LogP contribution < -0.4 is 0 Å². The van der Waals surface area contributed by atoms with Crippen molar-refractivity contribution in [2.24, 2.45) is 0 Å². The van der Waals surface area contributed by atoms with Crippen LogP contribution in [0, 0.1) is 11.3 Å². The van der Waals surface area contributed by atoms with Gasteiger partial charge in [0.1, 0.15) is 0 Å². The van der Waals surface area contributed by atoms with Crippen LogP contribution in [0.15, 0.2) is 11.3 Å². The van der Waals surface area contributed by atoms with Crippen LogP contribution in [0.4, 0.5) is 0 Å². The number of allylic oxidation sites excluding steroid dienone is 2. The molecule has 1 N–H and O–H groups in total. The van der Waals surface area contributed by atoms with Crippen LogP contribution in [0.25, 0.3) is 0 Å². The van der Waals surface area contributed by atoms with E-state index in [2.05, 4.69) is 0 Å². The lowest BCUT2D eigenvalue weighted by Crippen LogP contribution is -1.98. The Morgan fingerprint density at radius 1 is 1.60 bits per heavy atom. The van der Waals surface area contributed by atoms with Crippen LogP contribution in [0.1, 0.15) is 20.3 Å². The van der Waals surface area contributed by atoms with Crippen LogP contribution in [0.2, 0.25) is 0 Å². The number of carbonyl (C=O) groups excluding carboxylic acids is 1. The first-order valence-electron chi connectivity index (χ1n) is 2.86. The molecule has 0 spiro atoms. The van der Waals surface area contributed by atoms with Crippen LogP contribution >= 0.6 is 0 Å². The lowest BCUT2D eigenvalue weighted by atomic mass is 10.1. The zero-order valence-electron chi connectivity index (χ0n) is 6.01. The molecule has 0 aromatic rings. The van der Waals surface area contributed by atoms with Gasteiger partial charge >= 0.3 is 0 Å². The molecule has 3 heteroatoms. The fraction of sp³-hybridized carbons (Fsp3) is 0.429. The summed E-state index contributed by atoms with van der Waals surface area (Å²) < 4.78 is 0. The standard InChI is InChI=1S/C7H9NO2/c1-5(9)7(3-4-8)6(2)10/h9H,3H2,1-2H3/b7-5-. The first-order chi connectivity index (χ1) is 4.59. The summed E-state index contributed by atoms with van der Waals surface area (Å²) in [5, 5.41) is 17.0. The van der Waals surface area contributed by atoms with Crippen molar-refractivity contribution in [3.8, 4) is 6.07 Å². The summed E-state index contributed by atoms with van der Waals surface area (Å²) in [5.74, 6) is -0.310. The fourth-order valence-electron chi connectivity index (χ4n) is 0.586. The Kier molecular flexibility index (Phi) is 3.20. The maximum absolute atomic E-state index is 10.6. The van der Waals surface area contributed by atoms with Crippen LogP contribution in [0.5, 0.6) is 0 Å². The average molecular weight is 139 g/mol. The number of hydrogen-bond acceptors (Lipinski definition) is 3. The Hall–Kier alpha value is -1.30. The third kappa shape index (κ3) is 2.31. The Bertz CT molecular complexity index is 206. The number of aliphatic hydroxyl groups is 1. The van der Waals surface area contributed by atoms with Crippen molar-refractivity contribution >= 4 is 5.78 Å². The molecular formula is C7H9NO2. The van der Waals surface area contributed by atoms with Gasteiger partial charge < -0.3 is 5.11 Å². The van der Waals surface area contributed by atoms with Crippen molar-refractivity contribution in [1.29, 1.82) is 5.26 Å². The molecule has 0 radical (unpaired) electrons. The quantitative estimate of drug-likeness (QED) is 0.463. The van der Waals surface area contributed by atoms with Crippen molar-refractivity contribution in [3.63, 3.8) is 0 Å². The van der Waals surface area contributed by atoms with Gasteiger partial charge in [0, 0.05) is 5.57 Å². The van der Waals surface area contributed by atoms with E-state index in [1.165, 1.54) is 13.8 Å². The van der Waals surface area contributed by atoms with Gasteiger partial charge in [0.25, 0.3) is 0 Å². The van der Waals surface area contributed by atoms with Gasteiger partial charge in [-0.25, -0.2) is 0 Å². The molecule has 0 saturated heterocycles. The molecule has 0 atom stereocenters. The van der Waals surface area contributed by atoms with Crippen molar-refractivity contribution in [2.75, 3.05) is 0 Å². The summed E-state index contributed by atoms with van der Waals surface area (Å²) in [6.07, 6.45) is -0.0162. The predicted octanol–water partition coefficient (Wildman–Crippen LogP) is 1.32. The van der Waals surface area contributed by atoms with Crippen LogP contribution in [-0.2, 0) is 4.79 Å². The lowest BCUT2D eigenvalue weighted by molar-refractivity contribution is -0.113. The van der Waals surface area contributed by atoms with Crippen LogP contribution in [-0.4, -0.2) is 10.9 Å². The van der Waals surface area contributed by atoms with E-state index in [1.54, 1.807) is 6.07 Å². The molecule has 0 aromatic heterocycles. The minimum Gasteiger partial charge on any atom is -0.512 e. The van der Waals surface area contributed by atoms with Gasteiger partial charge in [-0.2, -0.15) is 5.26 Å². The van der Waals surface area contributed by atoms with E-state index in [9.17, 15) is 4.79 Å². The van der Waals surface area contributed by atoms with E-state index >= 15 is 0 Å². The molecule has 0 bridgehead atoms. The number of carbonyl (C=O) groups is 1. The molecule has 0 rings (SSSR count). The summed E-state index contributed by atoms with van der Waals surface area (Å²) in [6.45, 7) is 2.72. The number of nitrogens with zero attached hydrogens (tertiary/aromatic N) is 1. The van der Waals surface area contributed by atoms with E-state index < -0.39 is 0 Å². The van der Waals surface area contributed by atoms with Gasteiger partial charge in [-0.3, -0.25) is 4.79 Å². The molecule has 0 saturated carbocycles. The number of nitriles is 1. The summed E-state index contributed by atoms with van der Waals surface area (Å²) >= 11 is 0. The first-order valence-corrected chi connectivity index (χ1v) is 2.86. The Labute approximate surface area is 59.6 Å². The van der Waals surface area contributed by atoms with Gasteiger partial charge in [-0.1, -0.05) is 0 Å². The number of Topliss-reactive ketones (excluding diaryl/α,β-unsaturated/α-hetero) is 1. The van der Waals surface area contributed by atoms with Crippen LogP contribution in [0.3, 0.4) is 0 Å². The summed E-state index contributed by atoms with van der Waals surface area (Å²) in [7, 11) is 0. The molecule has 10 heavy (non-hydrogen) atoms. The topological polar surface area (TPSA) is 61.1 Å². The molecule has 0 aliphatic carbocycles. The first kappa shape index (κ1) is 8.70. The number of rotatable bonds is 2. The highest BCUT2D eigenvalue weighted by Crippen LogP contribution is 2.05. The van der Waals surface area contributed by atoms with Gasteiger partial charge in [-0.15, -0.1) is 0 Å². The molecule has 0 heterocycles. The molecule has 3 nitrogen and oxygen atoms in total. The van der Waals surface area contributed by atoms with E-state index in [4.69, 9.17) is 10.4 Å². The van der Waals surface area contributed by atoms with E-state index in [1.807, 2.05) is 0 Å². The van der Waals surface area contributed by atoms with Gasteiger partial charge in [0.2, 0.25) is 0 Å². The highest BCUT2D eigenvalue weighted by Gasteiger charge is 2.05. The molecule has 0 aromatic carbocycles.